The lowest BCUT2D eigenvalue weighted by atomic mass is 9.83. The Kier molecular flexibility index (Phi) is 4.18. The van der Waals surface area contributed by atoms with Gasteiger partial charge in [-0.25, -0.2) is 4.68 Å². The van der Waals surface area contributed by atoms with E-state index in [9.17, 15) is 0 Å². The molecule has 0 aliphatic heterocycles. The fourth-order valence-electron chi connectivity index (χ4n) is 3.40. The van der Waals surface area contributed by atoms with Gasteiger partial charge in [0.15, 0.2) is 5.82 Å². The summed E-state index contributed by atoms with van der Waals surface area (Å²) in [4.78, 5) is 0. The van der Waals surface area contributed by atoms with Crippen molar-refractivity contribution in [2.75, 3.05) is 5.73 Å². The van der Waals surface area contributed by atoms with Crippen LogP contribution in [-0.4, -0.2) is 20.2 Å². The van der Waals surface area contributed by atoms with Crippen LogP contribution in [0.4, 0.5) is 5.69 Å². The Bertz CT molecular complexity index is 584. The number of aromatic nitrogens is 4. The Morgan fingerprint density at radius 3 is 2.67 bits per heavy atom. The topological polar surface area (TPSA) is 69.6 Å². The molecule has 0 atom stereocenters. The molecule has 1 saturated carbocycles. The number of nitrogen functional groups attached to an aromatic ring is 1. The number of tetrazole rings is 1. The Morgan fingerprint density at radius 1 is 1.19 bits per heavy atom. The summed E-state index contributed by atoms with van der Waals surface area (Å²) in [6, 6.07) is 8.20. The molecule has 2 aromatic rings. The first-order chi connectivity index (χ1) is 10.3. The molecule has 1 fully saturated rings. The molecule has 21 heavy (non-hydrogen) atoms. The number of hydrogen-bond donors (Lipinski definition) is 1. The van der Waals surface area contributed by atoms with Crippen molar-refractivity contribution in [2.24, 2.45) is 5.92 Å². The number of rotatable bonds is 4. The third kappa shape index (κ3) is 2.91. The maximum Gasteiger partial charge on any atom is 0.184 e. The number of benzene rings is 1. The van der Waals surface area contributed by atoms with Gasteiger partial charge >= 0.3 is 0 Å². The van der Waals surface area contributed by atoms with E-state index in [2.05, 4.69) is 22.4 Å². The Balaban J connectivity index is 1.79. The summed E-state index contributed by atoms with van der Waals surface area (Å²) in [6.07, 6.45) is 7.52. The van der Waals surface area contributed by atoms with Gasteiger partial charge in [-0.2, -0.15) is 0 Å². The van der Waals surface area contributed by atoms with Crippen LogP contribution in [0.5, 0.6) is 0 Å². The zero-order chi connectivity index (χ0) is 14.7. The van der Waals surface area contributed by atoms with E-state index >= 15 is 0 Å². The minimum absolute atomic E-state index is 0.405. The highest BCUT2D eigenvalue weighted by atomic mass is 15.5. The van der Waals surface area contributed by atoms with Crippen molar-refractivity contribution in [1.82, 2.24) is 20.2 Å². The second kappa shape index (κ2) is 6.24. The molecule has 0 radical (unpaired) electrons. The van der Waals surface area contributed by atoms with Crippen LogP contribution in [-0.2, 0) is 0 Å². The van der Waals surface area contributed by atoms with E-state index in [1.54, 1.807) is 0 Å². The van der Waals surface area contributed by atoms with Crippen LogP contribution < -0.4 is 5.73 Å². The Morgan fingerprint density at radius 2 is 1.95 bits per heavy atom. The van der Waals surface area contributed by atoms with Crippen LogP contribution >= 0.6 is 0 Å². The summed E-state index contributed by atoms with van der Waals surface area (Å²) < 4.78 is 1.98. The molecular weight excluding hydrogens is 262 g/mol. The van der Waals surface area contributed by atoms with Gasteiger partial charge in [0.25, 0.3) is 0 Å². The van der Waals surface area contributed by atoms with Crippen molar-refractivity contribution in [3.63, 3.8) is 0 Å². The van der Waals surface area contributed by atoms with Gasteiger partial charge in [-0.05, 0) is 54.2 Å². The Hall–Kier alpha value is -1.91. The quantitative estimate of drug-likeness (QED) is 0.873. The smallest absolute Gasteiger partial charge is 0.184 e. The zero-order valence-corrected chi connectivity index (χ0v) is 12.6. The van der Waals surface area contributed by atoms with E-state index in [1.807, 2.05) is 28.9 Å². The second-order valence-electron chi connectivity index (χ2n) is 6.00. The van der Waals surface area contributed by atoms with E-state index in [-0.39, 0.29) is 0 Å². The van der Waals surface area contributed by atoms with Crippen molar-refractivity contribution in [1.29, 1.82) is 0 Å². The molecule has 1 aliphatic rings. The van der Waals surface area contributed by atoms with Gasteiger partial charge in [0.2, 0.25) is 0 Å². The van der Waals surface area contributed by atoms with Crippen LogP contribution in [0.25, 0.3) is 11.4 Å². The van der Waals surface area contributed by atoms with Crippen LogP contribution in [0.1, 0.15) is 51.5 Å². The van der Waals surface area contributed by atoms with Crippen LogP contribution in [0.15, 0.2) is 24.3 Å². The van der Waals surface area contributed by atoms with Crippen LogP contribution in [0.2, 0.25) is 0 Å². The van der Waals surface area contributed by atoms with Crippen molar-refractivity contribution in [3.8, 4) is 11.4 Å². The molecule has 0 spiro atoms. The summed E-state index contributed by atoms with van der Waals surface area (Å²) in [5.74, 6) is 1.68. The minimum Gasteiger partial charge on any atom is -0.398 e. The molecule has 5 heteroatoms. The molecule has 2 N–H and O–H groups in total. The molecule has 0 saturated heterocycles. The standard InChI is InChI=1S/C16H23N5/c1-2-5-12-8-10-13(11-9-12)21-16(18-19-20-21)14-6-3-4-7-15(14)17/h3-4,6-7,12-13H,2,5,8-11,17H2,1H3. The summed E-state index contributed by atoms with van der Waals surface area (Å²) >= 11 is 0. The number of nitrogens with two attached hydrogens (primary N) is 1. The first-order valence-corrected chi connectivity index (χ1v) is 7.92. The molecule has 1 aliphatic carbocycles. The van der Waals surface area contributed by atoms with Gasteiger partial charge in [-0.1, -0.05) is 31.9 Å². The largest absolute Gasteiger partial charge is 0.398 e. The normalized spacial score (nSPS) is 22.3. The number of nitrogens with zero attached hydrogens (tertiary/aromatic N) is 4. The molecule has 0 bridgehead atoms. The van der Waals surface area contributed by atoms with E-state index in [1.165, 1.54) is 25.7 Å². The molecule has 1 aromatic heterocycles. The van der Waals surface area contributed by atoms with E-state index in [4.69, 9.17) is 5.73 Å². The van der Waals surface area contributed by atoms with Crippen molar-refractivity contribution in [2.45, 2.75) is 51.5 Å². The van der Waals surface area contributed by atoms with E-state index < -0.39 is 0 Å². The maximum atomic E-state index is 6.06. The number of hydrogen-bond acceptors (Lipinski definition) is 4. The number of para-hydroxylation sites is 1. The monoisotopic (exact) mass is 285 g/mol. The first-order valence-electron chi connectivity index (χ1n) is 7.92. The molecular formula is C16H23N5. The lowest BCUT2D eigenvalue weighted by Gasteiger charge is -2.28. The van der Waals surface area contributed by atoms with Crippen molar-refractivity contribution >= 4 is 5.69 Å². The first kappa shape index (κ1) is 14.0. The highest BCUT2D eigenvalue weighted by Gasteiger charge is 2.25. The van der Waals surface area contributed by atoms with Crippen molar-refractivity contribution in [3.05, 3.63) is 24.3 Å². The lowest BCUT2D eigenvalue weighted by Crippen LogP contribution is -2.20. The summed E-state index contributed by atoms with van der Waals surface area (Å²) in [6.45, 7) is 2.27. The summed E-state index contributed by atoms with van der Waals surface area (Å²) in [5, 5.41) is 12.3. The van der Waals surface area contributed by atoms with Gasteiger partial charge < -0.3 is 5.73 Å². The molecule has 1 aromatic carbocycles. The average Bonchev–Trinajstić information content (AvgIpc) is 2.98. The molecule has 1 heterocycles. The SMILES string of the molecule is CCCC1CCC(n2nnnc2-c2ccccc2N)CC1. The van der Waals surface area contributed by atoms with E-state index in [0.717, 1.165) is 35.8 Å². The minimum atomic E-state index is 0.405. The zero-order valence-electron chi connectivity index (χ0n) is 12.6. The fourth-order valence-corrected chi connectivity index (χ4v) is 3.40. The Labute approximate surface area is 125 Å². The van der Waals surface area contributed by atoms with Gasteiger partial charge in [0.1, 0.15) is 0 Å². The maximum absolute atomic E-state index is 6.06. The highest BCUT2D eigenvalue weighted by Crippen LogP contribution is 2.36. The molecule has 112 valence electrons. The van der Waals surface area contributed by atoms with Gasteiger partial charge in [-0.15, -0.1) is 5.10 Å². The van der Waals surface area contributed by atoms with E-state index in [0.29, 0.717) is 6.04 Å². The van der Waals surface area contributed by atoms with Crippen LogP contribution in [0, 0.1) is 5.92 Å². The molecule has 0 amide bonds. The third-order valence-electron chi connectivity index (χ3n) is 4.55. The predicted molar refractivity (Wildman–Crippen MR) is 83.6 cm³/mol. The summed E-state index contributed by atoms with van der Waals surface area (Å²) in [7, 11) is 0. The molecule has 3 rings (SSSR count). The highest BCUT2D eigenvalue weighted by molar-refractivity contribution is 5.71. The van der Waals surface area contributed by atoms with Gasteiger partial charge in [0.05, 0.1) is 6.04 Å². The predicted octanol–water partition coefficient (Wildman–Crippen LogP) is 3.45. The number of anilines is 1. The summed E-state index contributed by atoms with van der Waals surface area (Å²) in [5.41, 5.74) is 7.72. The van der Waals surface area contributed by atoms with Gasteiger partial charge in [-0.3, -0.25) is 0 Å². The lowest BCUT2D eigenvalue weighted by molar-refractivity contribution is 0.249. The fraction of sp³-hybridized carbons (Fsp3) is 0.562. The molecule has 0 unspecified atom stereocenters. The van der Waals surface area contributed by atoms with Crippen LogP contribution in [0.3, 0.4) is 0 Å². The van der Waals surface area contributed by atoms with Gasteiger partial charge in [0, 0.05) is 11.3 Å². The average molecular weight is 285 g/mol. The van der Waals surface area contributed by atoms with Crippen molar-refractivity contribution < 1.29 is 0 Å². The molecule has 5 nitrogen and oxygen atoms in total. The third-order valence-corrected chi connectivity index (χ3v) is 4.55. The second-order valence-corrected chi connectivity index (χ2v) is 6.00.